The number of carboxylic acids is 1. The lowest BCUT2D eigenvalue weighted by Crippen LogP contribution is -2.48. The average molecular weight is 327 g/mol. The largest absolute Gasteiger partial charge is 0.490 e. The summed E-state index contributed by atoms with van der Waals surface area (Å²) in [7, 11) is 1.44. The molecule has 2 N–H and O–H groups in total. The van der Waals surface area contributed by atoms with Crippen LogP contribution >= 0.6 is 0 Å². The molecule has 2 rings (SSSR count). The fourth-order valence-corrected chi connectivity index (χ4v) is 2.50. The molecule has 2 aliphatic heterocycles. The van der Waals surface area contributed by atoms with Gasteiger partial charge in [0.25, 0.3) is 0 Å². The van der Waals surface area contributed by atoms with Crippen molar-refractivity contribution >= 4 is 11.9 Å². The van der Waals surface area contributed by atoms with E-state index >= 15 is 0 Å². The van der Waals surface area contributed by atoms with Crippen LogP contribution in [-0.2, 0) is 19.1 Å². The molecule has 2 heterocycles. The van der Waals surface area contributed by atoms with Crippen molar-refractivity contribution in [3.05, 3.63) is 0 Å². The van der Waals surface area contributed by atoms with E-state index in [-0.39, 0.29) is 17.5 Å². The molecule has 1 spiro atoms. The van der Waals surface area contributed by atoms with Gasteiger partial charge in [-0.2, -0.15) is 13.2 Å². The van der Waals surface area contributed by atoms with Gasteiger partial charge in [0, 0.05) is 0 Å². The predicted molar refractivity (Wildman–Crippen MR) is 69.2 cm³/mol. The van der Waals surface area contributed by atoms with Crippen molar-refractivity contribution in [3.8, 4) is 0 Å². The summed E-state index contributed by atoms with van der Waals surface area (Å²) in [4.78, 5) is 20.2. The summed E-state index contributed by atoms with van der Waals surface area (Å²) in [5, 5.41) is 10.5. The summed E-state index contributed by atoms with van der Waals surface area (Å²) in [6.07, 6.45) is -1.04. The van der Waals surface area contributed by atoms with Crippen molar-refractivity contribution in [1.29, 1.82) is 0 Å². The van der Waals surface area contributed by atoms with Crippen molar-refractivity contribution in [3.63, 3.8) is 0 Å². The Hall–Kier alpha value is -1.35. The molecule has 0 aliphatic carbocycles. The van der Waals surface area contributed by atoms with Gasteiger partial charge in [0.05, 0.1) is 25.2 Å². The van der Waals surface area contributed by atoms with E-state index in [1.807, 2.05) is 0 Å². The number of carbonyl (C=O) groups excluding carboxylic acids is 1. The van der Waals surface area contributed by atoms with Crippen molar-refractivity contribution in [2.75, 3.05) is 26.8 Å². The molecule has 0 aromatic rings. The van der Waals surface area contributed by atoms with Crippen LogP contribution in [0.1, 0.15) is 25.7 Å². The number of alkyl halides is 3. The smallest absolute Gasteiger partial charge is 0.475 e. The number of ether oxygens (including phenoxy) is 2. The van der Waals surface area contributed by atoms with E-state index < -0.39 is 12.1 Å². The minimum absolute atomic E-state index is 0.0458. The van der Waals surface area contributed by atoms with Crippen molar-refractivity contribution in [2.45, 2.75) is 37.5 Å². The highest BCUT2D eigenvalue weighted by Gasteiger charge is 2.39. The number of halogens is 3. The van der Waals surface area contributed by atoms with E-state index in [1.165, 1.54) is 7.11 Å². The number of methoxy groups -OCH3 is 1. The minimum atomic E-state index is -5.08. The topological polar surface area (TPSA) is 84.9 Å². The van der Waals surface area contributed by atoms with Gasteiger partial charge in [0.1, 0.15) is 0 Å². The Balaban J connectivity index is 0.000000295. The number of aliphatic carboxylic acids is 1. The minimum Gasteiger partial charge on any atom is -0.475 e. The highest BCUT2D eigenvalue weighted by Crippen LogP contribution is 2.35. The van der Waals surface area contributed by atoms with Gasteiger partial charge in [-0.05, 0) is 38.8 Å². The third-order valence-electron chi connectivity index (χ3n) is 3.83. The summed E-state index contributed by atoms with van der Waals surface area (Å²) in [6.45, 7) is 2.60. The van der Waals surface area contributed by atoms with Crippen LogP contribution in [0.4, 0.5) is 13.2 Å². The number of hydrogen-bond acceptors (Lipinski definition) is 5. The first kappa shape index (κ1) is 18.7. The summed E-state index contributed by atoms with van der Waals surface area (Å²) in [5.74, 6) is -2.93. The van der Waals surface area contributed by atoms with Crippen LogP contribution in [0, 0.1) is 5.92 Å². The molecule has 0 amide bonds. The van der Waals surface area contributed by atoms with Crippen LogP contribution in [-0.4, -0.2) is 55.6 Å². The molecule has 2 fully saturated rings. The second-order valence-electron chi connectivity index (χ2n) is 5.31. The van der Waals surface area contributed by atoms with Gasteiger partial charge in [0.2, 0.25) is 0 Å². The van der Waals surface area contributed by atoms with E-state index in [0.29, 0.717) is 6.61 Å². The molecule has 1 atom stereocenters. The number of hydrogen-bond donors (Lipinski definition) is 2. The van der Waals surface area contributed by atoms with Crippen molar-refractivity contribution < 1.29 is 37.3 Å². The summed E-state index contributed by atoms with van der Waals surface area (Å²) in [6, 6.07) is 0. The van der Waals surface area contributed by atoms with E-state index in [9.17, 15) is 18.0 Å². The van der Waals surface area contributed by atoms with Crippen LogP contribution in [0.25, 0.3) is 0 Å². The number of carboxylic acid groups (broad SMARTS) is 1. The number of esters is 1. The molecular formula is C13H20F3NO5. The van der Waals surface area contributed by atoms with E-state index in [1.54, 1.807) is 0 Å². The summed E-state index contributed by atoms with van der Waals surface area (Å²) < 4.78 is 42.4. The van der Waals surface area contributed by atoms with Gasteiger partial charge in [-0.1, -0.05) is 0 Å². The fraction of sp³-hybridized carbons (Fsp3) is 0.846. The maximum Gasteiger partial charge on any atom is 0.490 e. The Morgan fingerprint density at radius 3 is 2.18 bits per heavy atom. The normalized spacial score (nSPS) is 24.1. The molecule has 0 saturated carbocycles. The van der Waals surface area contributed by atoms with Gasteiger partial charge < -0.3 is 19.9 Å². The van der Waals surface area contributed by atoms with Gasteiger partial charge in [-0.15, -0.1) is 0 Å². The lowest BCUT2D eigenvalue weighted by Gasteiger charge is -2.42. The Morgan fingerprint density at radius 2 is 1.82 bits per heavy atom. The molecule has 6 nitrogen and oxygen atoms in total. The second-order valence-corrected chi connectivity index (χ2v) is 5.31. The highest BCUT2D eigenvalue weighted by atomic mass is 19.4. The molecule has 128 valence electrons. The van der Waals surface area contributed by atoms with E-state index in [2.05, 4.69) is 5.32 Å². The lowest BCUT2D eigenvalue weighted by atomic mass is 9.82. The zero-order valence-corrected chi connectivity index (χ0v) is 12.2. The summed E-state index contributed by atoms with van der Waals surface area (Å²) in [5.41, 5.74) is 0.0514. The number of carbonyl (C=O) groups is 2. The highest BCUT2D eigenvalue weighted by molar-refractivity contribution is 5.73. The quantitative estimate of drug-likeness (QED) is 0.707. The molecule has 0 bridgehead atoms. The number of nitrogens with one attached hydrogen (secondary N) is 1. The SMILES string of the molecule is COC(=O)C1CCC2(CCNCC2)OC1.O=C(O)C(F)(F)F. The van der Waals surface area contributed by atoms with E-state index in [4.69, 9.17) is 19.4 Å². The van der Waals surface area contributed by atoms with Crippen molar-refractivity contribution in [1.82, 2.24) is 5.32 Å². The van der Waals surface area contributed by atoms with Crippen LogP contribution in [0.5, 0.6) is 0 Å². The monoisotopic (exact) mass is 327 g/mol. The molecule has 9 heteroatoms. The maximum atomic E-state index is 11.3. The van der Waals surface area contributed by atoms with Crippen LogP contribution in [0.3, 0.4) is 0 Å². The van der Waals surface area contributed by atoms with Gasteiger partial charge in [-0.3, -0.25) is 4.79 Å². The van der Waals surface area contributed by atoms with Gasteiger partial charge >= 0.3 is 18.1 Å². The Labute approximate surface area is 126 Å². The van der Waals surface area contributed by atoms with Crippen LogP contribution in [0.15, 0.2) is 0 Å². The van der Waals surface area contributed by atoms with Gasteiger partial charge in [-0.25, -0.2) is 4.79 Å². The predicted octanol–water partition coefficient (Wildman–Crippen LogP) is 1.34. The van der Waals surface area contributed by atoms with Crippen molar-refractivity contribution in [2.24, 2.45) is 5.92 Å². The third kappa shape index (κ3) is 5.45. The number of piperidine rings is 1. The molecule has 22 heavy (non-hydrogen) atoms. The molecule has 0 aromatic heterocycles. The maximum absolute atomic E-state index is 11.3. The first-order valence-electron chi connectivity index (χ1n) is 6.93. The van der Waals surface area contributed by atoms with Gasteiger partial charge in [0.15, 0.2) is 0 Å². The molecule has 2 aliphatic rings. The molecule has 2 saturated heterocycles. The molecule has 0 aromatic carbocycles. The first-order valence-corrected chi connectivity index (χ1v) is 6.93. The zero-order valence-electron chi connectivity index (χ0n) is 12.2. The fourth-order valence-electron chi connectivity index (χ4n) is 2.50. The lowest BCUT2D eigenvalue weighted by molar-refractivity contribution is -0.192. The second kappa shape index (κ2) is 7.77. The zero-order chi connectivity index (χ0) is 16.8. The molecule has 1 unspecified atom stereocenters. The molecule has 0 radical (unpaired) electrons. The van der Waals surface area contributed by atoms with E-state index in [0.717, 1.165) is 38.8 Å². The first-order chi connectivity index (χ1) is 10.2. The summed E-state index contributed by atoms with van der Waals surface area (Å²) >= 11 is 0. The average Bonchev–Trinajstić information content (AvgIpc) is 2.48. The number of rotatable bonds is 1. The van der Waals surface area contributed by atoms with Crippen LogP contribution < -0.4 is 5.32 Å². The Kier molecular flexibility index (Phi) is 6.61. The van der Waals surface area contributed by atoms with Crippen LogP contribution in [0.2, 0.25) is 0 Å². The Bertz CT molecular complexity index is 384. The Morgan fingerprint density at radius 1 is 1.27 bits per heavy atom. The third-order valence-corrected chi connectivity index (χ3v) is 3.83. The standard InChI is InChI=1S/C11H19NO3.C2HF3O2/c1-14-10(13)9-2-3-11(15-8-9)4-6-12-7-5-11;3-2(4,5)1(6)7/h9,12H,2-8H2,1H3;(H,6,7). The molecular weight excluding hydrogens is 307 g/mol.